The van der Waals surface area contributed by atoms with Gasteiger partial charge in [-0.1, -0.05) is 23.7 Å². The second-order valence-electron chi connectivity index (χ2n) is 7.16. The van der Waals surface area contributed by atoms with Crippen molar-refractivity contribution >= 4 is 29.1 Å². The van der Waals surface area contributed by atoms with Gasteiger partial charge in [0, 0.05) is 23.8 Å². The van der Waals surface area contributed by atoms with E-state index in [1.165, 1.54) is 4.90 Å². The largest absolute Gasteiger partial charge is 0.507 e. The van der Waals surface area contributed by atoms with Crippen LogP contribution in [0.3, 0.4) is 0 Å². The third-order valence-corrected chi connectivity index (χ3v) is 5.09. The second kappa shape index (κ2) is 7.77. The van der Waals surface area contributed by atoms with E-state index in [9.17, 15) is 14.7 Å². The number of carbonyl (C=O) groups is 2. The van der Waals surface area contributed by atoms with Gasteiger partial charge in [0.2, 0.25) is 0 Å². The van der Waals surface area contributed by atoms with Crippen molar-refractivity contribution in [1.82, 2.24) is 20.0 Å². The van der Waals surface area contributed by atoms with Crippen molar-refractivity contribution < 1.29 is 14.7 Å². The first-order chi connectivity index (χ1) is 13.2. The molecule has 0 saturated carbocycles. The molecule has 1 aromatic heterocycles. The van der Waals surface area contributed by atoms with Gasteiger partial charge in [-0.25, -0.2) is 0 Å². The molecule has 1 aromatic carbocycles. The third kappa shape index (κ3) is 3.55. The first-order valence-corrected chi connectivity index (χ1v) is 9.30. The van der Waals surface area contributed by atoms with E-state index in [4.69, 9.17) is 11.6 Å². The maximum Gasteiger partial charge on any atom is 0.295 e. The molecule has 3 rings (SSSR count). The molecule has 1 atom stereocenters. The molecule has 2 N–H and O–H groups in total. The number of rotatable bonds is 5. The van der Waals surface area contributed by atoms with E-state index in [2.05, 4.69) is 10.2 Å². The van der Waals surface area contributed by atoms with Crippen LogP contribution in [-0.4, -0.2) is 64.0 Å². The smallest absolute Gasteiger partial charge is 0.295 e. The standard InChI is InChI=1S/C20H23ClN4O3/c1-11-15(12(2)23-22-11)18(26)16-17(13-6-5-7-14(21)10-13)25(9-8-24(3)4)20(28)19(16)27/h5-7,10,17,26H,8-9H2,1-4H3,(H,22,23)/b18-16+/t17-/m0/s1. The van der Waals surface area contributed by atoms with Crippen LogP contribution in [0.25, 0.3) is 5.76 Å². The molecule has 0 bridgehead atoms. The van der Waals surface area contributed by atoms with Crippen molar-refractivity contribution in [3.8, 4) is 0 Å². The molecule has 0 unspecified atom stereocenters. The normalized spacial score (nSPS) is 19.1. The zero-order valence-corrected chi connectivity index (χ0v) is 17.0. The first kappa shape index (κ1) is 20.1. The average Bonchev–Trinajstić information content (AvgIpc) is 3.09. The number of aliphatic hydroxyl groups excluding tert-OH is 1. The molecule has 0 radical (unpaired) electrons. The van der Waals surface area contributed by atoms with Gasteiger partial charge in [-0.05, 0) is 45.6 Å². The van der Waals surface area contributed by atoms with Gasteiger partial charge < -0.3 is 14.9 Å². The van der Waals surface area contributed by atoms with Crippen LogP contribution in [0.15, 0.2) is 29.8 Å². The Balaban J connectivity index is 2.20. The van der Waals surface area contributed by atoms with Crippen LogP contribution < -0.4 is 0 Å². The van der Waals surface area contributed by atoms with Crippen molar-refractivity contribution in [2.24, 2.45) is 0 Å². The number of nitrogens with zero attached hydrogens (tertiary/aromatic N) is 3. The highest BCUT2D eigenvalue weighted by atomic mass is 35.5. The highest BCUT2D eigenvalue weighted by Gasteiger charge is 2.46. The van der Waals surface area contributed by atoms with E-state index >= 15 is 0 Å². The Hall–Kier alpha value is -2.64. The summed E-state index contributed by atoms with van der Waals surface area (Å²) in [7, 11) is 3.78. The lowest BCUT2D eigenvalue weighted by Crippen LogP contribution is -2.35. The third-order valence-electron chi connectivity index (χ3n) is 4.86. The van der Waals surface area contributed by atoms with E-state index in [-0.39, 0.29) is 11.3 Å². The molecule has 2 heterocycles. The highest BCUT2D eigenvalue weighted by molar-refractivity contribution is 6.46. The topological polar surface area (TPSA) is 89.5 Å². The average molecular weight is 403 g/mol. The lowest BCUT2D eigenvalue weighted by Gasteiger charge is -2.26. The number of hydrogen-bond acceptors (Lipinski definition) is 5. The quantitative estimate of drug-likeness (QED) is 0.456. The second-order valence-corrected chi connectivity index (χ2v) is 7.60. The zero-order chi connectivity index (χ0) is 20.6. The van der Waals surface area contributed by atoms with Gasteiger partial charge in [-0.2, -0.15) is 5.10 Å². The maximum atomic E-state index is 12.9. The molecule has 0 spiro atoms. The number of likely N-dealkylation sites (N-methyl/N-ethyl adjacent to an activating group) is 1. The Kier molecular flexibility index (Phi) is 5.58. The molecular weight excluding hydrogens is 380 g/mol. The minimum atomic E-state index is -0.715. The van der Waals surface area contributed by atoms with Crippen LogP contribution >= 0.6 is 11.6 Å². The van der Waals surface area contributed by atoms with E-state index in [1.807, 2.05) is 19.0 Å². The summed E-state index contributed by atoms with van der Waals surface area (Å²) in [6, 6.07) is 6.28. The fourth-order valence-electron chi connectivity index (χ4n) is 3.48. The summed E-state index contributed by atoms with van der Waals surface area (Å²) in [5.74, 6) is -1.56. The van der Waals surface area contributed by atoms with Gasteiger partial charge in [0.05, 0.1) is 22.9 Å². The molecule has 148 valence electrons. The van der Waals surface area contributed by atoms with Crippen LogP contribution in [0.1, 0.15) is 28.6 Å². The number of halogens is 1. The van der Waals surface area contributed by atoms with Crippen molar-refractivity contribution in [3.05, 3.63) is 57.4 Å². The van der Waals surface area contributed by atoms with E-state index in [0.717, 1.165) is 0 Å². The monoisotopic (exact) mass is 402 g/mol. The van der Waals surface area contributed by atoms with Crippen LogP contribution in [-0.2, 0) is 9.59 Å². The van der Waals surface area contributed by atoms with Gasteiger partial charge in [0.15, 0.2) is 0 Å². The Morgan fingerprint density at radius 1 is 1.32 bits per heavy atom. The van der Waals surface area contributed by atoms with Gasteiger partial charge in [-0.15, -0.1) is 0 Å². The minimum Gasteiger partial charge on any atom is -0.507 e. The minimum absolute atomic E-state index is 0.0543. The summed E-state index contributed by atoms with van der Waals surface area (Å²) in [6.07, 6.45) is 0. The summed E-state index contributed by atoms with van der Waals surface area (Å²) in [4.78, 5) is 29.1. The molecule has 1 saturated heterocycles. The maximum absolute atomic E-state index is 12.9. The number of benzene rings is 1. The SMILES string of the molecule is Cc1n[nH]c(C)c1/C(O)=C1\C(=O)C(=O)N(CCN(C)C)[C@H]1c1cccc(Cl)c1. The Labute approximate surface area is 168 Å². The van der Waals surface area contributed by atoms with Crippen molar-refractivity contribution in [1.29, 1.82) is 0 Å². The van der Waals surface area contributed by atoms with Crippen LogP contribution in [0.5, 0.6) is 0 Å². The molecule has 1 amide bonds. The van der Waals surface area contributed by atoms with Crippen LogP contribution in [0, 0.1) is 13.8 Å². The summed E-state index contributed by atoms with van der Waals surface area (Å²) in [5, 5.41) is 18.4. The predicted molar refractivity (Wildman–Crippen MR) is 107 cm³/mol. The predicted octanol–water partition coefficient (Wildman–Crippen LogP) is 2.66. The fourth-order valence-corrected chi connectivity index (χ4v) is 3.67. The molecule has 8 heteroatoms. The first-order valence-electron chi connectivity index (χ1n) is 8.93. The Bertz CT molecular complexity index is 945. The summed E-state index contributed by atoms with van der Waals surface area (Å²) in [6.45, 7) is 4.41. The number of ketones is 1. The molecule has 2 aromatic rings. The van der Waals surface area contributed by atoms with Gasteiger partial charge >= 0.3 is 0 Å². The summed E-state index contributed by atoms with van der Waals surface area (Å²) < 4.78 is 0. The van der Waals surface area contributed by atoms with E-state index < -0.39 is 17.7 Å². The lowest BCUT2D eigenvalue weighted by molar-refractivity contribution is -0.140. The molecule has 7 nitrogen and oxygen atoms in total. The molecule has 1 aliphatic heterocycles. The zero-order valence-electron chi connectivity index (χ0n) is 16.3. The summed E-state index contributed by atoms with van der Waals surface area (Å²) in [5.41, 5.74) is 2.35. The van der Waals surface area contributed by atoms with E-state index in [0.29, 0.717) is 40.6 Å². The van der Waals surface area contributed by atoms with Crippen LogP contribution in [0.4, 0.5) is 0 Å². The van der Waals surface area contributed by atoms with Crippen LogP contribution in [0.2, 0.25) is 5.02 Å². The number of likely N-dealkylation sites (tertiary alicyclic amines) is 1. The highest BCUT2D eigenvalue weighted by Crippen LogP contribution is 2.40. The van der Waals surface area contributed by atoms with E-state index in [1.54, 1.807) is 38.1 Å². The van der Waals surface area contributed by atoms with Gasteiger partial charge in [0.25, 0.3) is 11.7 Å². The van der Waals surface area contributed by atoms with Crippen molar-refractivity contribution in [2.75, 3.05) is 27.2 Å². The molecule has 0 aliphatic carbocycles. The number of carbonyl (C=O) groups excluding carboxylic acids is 2. The number of aliphatic hydroxyl groups is 1. The number of H-pyrrole nitrogens is 1. The molecule has 28 heavy (non-hydrogen) atoms. The number of hydrogen-bond donors (Lipinski definition) is 2. The summed E-state index contributed by atoms with van der Waals surface area (Å²) >= 11 is 6.16. The lowest BCUT2D eigenvalue weighted by atomic mass is 9.95. The van der Waals surface area contributed by atoms with Gasteiger partial charge in [0.1, 0.15) is 5.76 Å². The molecular formula is C20H23ClN4O3. The number of nitrogens with one attached hydrogen (secondary N) is 1. The van der Waals surface area contributed by atoms with Gasteiger partial charge in [-0.3, -0.25) is 14.7 Å². The number of amides is 1. The number of aromatic amines is 1. The Morgan fingerprint density at radius 3 is 2.61 bits per heavy atom. The Morgan fingerprint density at radius 2 is 2.04 bits per heavy atom. The van der Waals surface area contributed by atoms with Crippen molar-refractivity contribution in [3.63, 3.8) is 0 Å². The number of Topliss-reactive ketones (excluding diaryl/α,β-unsaturated/α-hetero) is 1. The number of aromatic nitrogens is 2. The molecule has 1 fully saturated rings. The molecule has 1 aliphatic rings. The van der Waals surface area contributed by atoms with Crippen molar-refractivity contribution in [2.45, 2.75) is 19.9 Å². The fraction of sp³-hybridized carbons (Fsp3) is 0.350. The number of aryl methyl sites for hydroxylation is 2.